The van der Waals surface area contributed by atoms with Crippen LogP contribution in [0.25, 0.3) is 0 Å². The van der Waals surface area contributed by atoms with Crippen molar-refractivity contribution in [3.05, 3.63) is 30.1 Å². The average molecular weight is 251 g/mol. The molecule has 0 bridgehead atoms. The molecule has 0 saturated carbocycles. The molecule has 0 aliphatic carbocycles. The van der Waals surface area contributed by atoms with Crippen LogP contribution >= 0.6 is 0 Å². The molecule has 5 heteroatoms. The van der Waals surface area contributed by atoms with Crippen LogP contribution < -0.4 is 0 Å². The number of ether oxygens (including phenoxy) is 1. The van der Waals surface area contributed by atoms with Crippen molar-refractivity contribution in [3.8, 4) is 0 Å². The molecule has 18 heavy (non-hydrogen) atoms. The number of aliphatic carboxylic acids is 1. The molecule has 0 spiro atoms. The summed E-state index contributed by atoms with van der Waals surface area (Å²) in [6, 6.07) is 3.36. The van der Waals surface area contributed by atoms with Crippen LogP contribution in [-0.4, -0.2) is 27.6 Å². The number of hydrogen-bond donors (Lipinski definition) is 1. The summed E-state index contributed by atoms with van der Waals surface area (Å²) in [5.41, 5.74) is 0.0477. The van der Waals surface area contributed by atoms with E-state index in [0.29, 0.717) is 0 Å². The smallest absolute Gasteiger partial charge is 0.321 e. The van der Waals surface area contributed by atoms with Crippen molar-refractivity contribution in [2.45, 2.75) is 32.8 Å². The highest BCUT2D eigenvalue weighted by atomic mass is 16.6. The number of hydrogen-bond acceptors (Lipinski definition) is 4. The number of aromatic nitrogens is 1. The molecule has 0 unspecified atom stereocenters. The van der Waals surface area contributed by atoms with Crippen LogP contribution in [-0.2, 0) is 20.7 Å². The van der Waals surface area contributed by atoms with Crippen molar-refractivity contribution in [1.82, 2.24) is 4.98 Å². The fourth-order valence-electron chi connectivity index (χ4n) is 1.40. The van der Waals surface area contributed by atoms with E-state index >= 15 is 0 Å². The number of carbonyl (C=O) groups is 2. The van der Waals surface area contributed by atoms with Crippen LogP contribution in [0.2, 0.25) is 0 Å². The number of nitrogens with zero attached hydrogens (tertiary/aromatic N) is 1. The first-order valence-electron chi connectivity index (χ1n) is 5.64. The predicted molar refractivity (Wildman–Crippen MR) is 64.9 cm³/mol. The summed E-state index contributed by atoms with van der Waals surface area (Å²) in [6.45, 7) is 5.11. The molecule has 0 aliphatic rings. The first-order valence-corrected chi connectivity index (χ1v) is 5.64. The van der Waals surface area contributed by atoms with E-state index in [9.17, 15) is 9.59 Å². The zero-order valence-electron chi connectivity index (χ0n) is 10.7. The monoisotopic (exact) mass is 251 g/mol. The summed E-state index contributed by atoms with van der Waals surface area (Å²) >= 11 is 0. The Bertz CT molecular complexity index is 422. The zero-order valence-corrected chi connectivity index (χ0v) is 10.7. The fourth-order valence-corrected chi connectivity index (χ4v) is 1.40. The Hall–Kier alpha value is -1.91. The van der Waals surface area contributed by atoms with Gasteiger partial charge < -0.3 is 9.84 Å². The molecule has 0 amide bonds. The Labute approximate surface area is 106 Å². The molecule has 0 aliphatic heterocycles. The number of rotatable bonds is 4. The quantitative estimate of drug-likeness (QED) is 0.650. The van der Waals surface area contributed by atoms with E-state index < -0.39 is 23.5 Å². The number of esters is 1. The van der Waals surface area contributed by atoms with Gasteiger partial charge in [0.1, 0.15) is 5.60 Å². The van der Waals surface area contributed by atoms with Gasteiger partial charge in [0.05, 0.1) is 0 Å². The van der Waals surface area contributed by atoms with E-state index in [1.54, 1.807) is 45.3 Å². The van der Waals surface area contributed by atoms with Crippen LogP contribution in [0.4, 0.5) is 0 Å². The SMILES string of the molecule is CC(C)(C)OC(=O)[C@H](Cc1ccncc1)C(=O)O. The van der Waals surface area contributed by atoms with Crippen molar-refractivity contribution in [2.24, 2.45) is 5.92 Å². The van der Waals surface area contributed by atoms with E-state index in [-0.39, 0.29) is 6.42 Å². The lowest BCUT2D eigenvalue weighted by atomic mass is 10.00. The van der Waals surface area contributed by atoms with E-state index in [0.717, 1.165) is 5.56 Å². The molecule has 1 atom stereocenters. The van der Waals surface area contributed by atoms with E-state index in [2.05, 4.69) is 4.98 Å². The third-order valence-corrected chi connectivity index (χ3v) is 2.18. The fraction of sp³-hybridized carbons (Fsp3) is 0.462. The second-order valence-electron chi connectivity index (χ2n) is 4.98. The van der Waals surface area contributed by atoms with Gasteiger partial charge in [-0.2, -0.15) is 0 Å². The van der Waals surface area contributed by atoms with Crippen molar-refractivity contribution >= 4 is 11.9 Å². The highest BCUT2D eigenvalue weighted by Crippen LogP contribution is 2.15. The topological polar surface area (TPSA) is 76.5 Å². The molecule has 1 rings (SSSR count). The van der Waals surface area contributed by atoms with Crippen LogP contribution in [0.5, 0.6) is 0 Å². The van der Waals surface area contributed by atoms with E-state index in [1.807, 2.05) is 0 Å². The minimum atomic E-state index is -1.19. The summed E-state index contributed by atoms with van der Waals surface area (Å²) in [7, 11) is 0. The van der Waals surface area contributed by atoms with Crippen molar-refractivity contribution in [3.63, 3.8) is 0 Å². The number of pyridine rings is 1. The summed E-state index contributed by atoms with van der Waals surface area (Å²) < 4.78 is 5.10. The molecular formula is C13H17NO4. The van der Waals surface area contributed by atoms with Gasteiger partial charge in [0.25, 0.3) is 0 Å². The highest BCUT2D eigenvalue weighted by Gasteiger charge is 2.31. The Morgan fingerprint density at radius 1 is 1.33 bits per heavy atom. The molecule has 98 valence electrons. The zero-order chi connectivity index (χ0) is 13.8. The van der Waals surface area contributed by atoms with Gasteiger partial charge in [-0.3, -0.25) is 14.6 Å². The summed E-state index contributed by atoms with van der Waals surface area (Å²) in [5.74, 6) is -3.08. The standard InChI is InChI=1S/C13H17NO4/c1-13(2,3)18-12(17)10(11(15)16)8-9-4-6-14-7-5-9/h4-7,10H,8H2,1-3H3,(H,15,16)/t10-/m1/s1. The number of carboxylic acid groups (broad SMARTS) is 1. The number of carboxylic acids is 1. The molecule has 5 nitrogen and oxygen atoms in total. The van der Waals surface area contributed by atoms with Crippen molar-refractivity contribution < 1.29 is 19.4 Å². The lowest BCUT2D eigenvalue weighted by Crippen LogP contribution is -2.33. The first-order chi connectivity index (χ1) is 8.29. The van der Waals surface area contributed by atoms with Crippen LogP contribution in [0, 0.1) is 5.92 Å². The van der Waals surface area contributed by atoms with Gasteiger partial charge in [-0.1, -0.05) is 0 Å². The molecular weight excluding hydrogens is 234 g/mol. The Morgan fingerprint density at radius 3 is 2.33 bits per heavy atom. The van der Waals surface area contributed by atoms with Gasteiger partial charge >= 0.3 is 11.9 Å². The van der Waals surface area contributed by atoms with Crippen LogP contribution in [0.15, 0.2) is 24.5 Å². The van der Waals surface area contributed by atoms with E-state index in [4.69, 9.17) is 9.84 Å². The maximum absolute atomic E-state index is 11.8. The molecule has 1 aromatic heterocycles. The Morgan fingerprint density at radius 2 is 1.89 bits per heavy atom. The molecule has 0 aromatic carbocycles. The summed E-state index contributed by atoms with van der Waals surface area (Å²) in [6.07, 6.45) is 3.22. The minimum Gasteiger partial charge on any atom is -0.481 e. The second-order valence-corrected chi connectivity index (χ2v) is 4.98. The van der Waals surface area contributed by atoms with Crippen LogP contribution in [0.1, 0.15) is 26.3 Å². The maximum atomic E-state index is 11.8. The van der Waals surface area contributed by atoms with Gasteiger partial charge in [0, 0.05) is 12.4 Å². The van der Waals surface area contributed by atoms with Crippen LogP contribution in [0.3, 0.4) is 0 Å². The lowest BCUT2D eigenvalue weighted by Gasteiger charge is -2.22. The summed E-state index contributed by atoms with van der Waals surface area (Å²) in [4.78, 5) is 26.7. The molecule has 1 heterocycles. The summed E-state index contributed by atoms with van der Waals surface area (Å²) in [5, 5.41) is 9.09. The van der Waals surface area contributed by atoms with E-state index in [1.165, 1.54) is 0 Å². The minimum absolute atomic E-state index is 0.104. The van der Waals surface area contributed by atoms with Crippen molar-refractivity contribution in [1.29, 1.82) is 0 Å². The Kier molecular flexibility index (Phi) is 4.42. The normalized spacial score (nSPS) is 12.8. The number of carbonyl (C=O) groups excluding carboxylic acids is 1. The molecule has 0 radical (unpaired) electrons. The molecule has 1 N–H and O–H groups in total. The highest BCUT2D eigenvalue weighted by molar-refractivity contribution is 5.94. The van der Waals surface area contributed by atoms with Gasteiger partial charge in [-0.15, -0.1) is 0 Å². The second kappa shape index (κ2) is 5.62. The average Bonchev–Trinajstić information content (AvgIpc) is 2.24. The van der Waals surface area contributed by atoms with Gasteiger partial charge in [-0.25, -0.2) is 0 Å². The Balaban J connectivity index is 2.78. The molecule has 0 fully saturated rings. The first kappa shape index (κ1) is 14.2. The lowest BCUT2D eigenvalue weighted by molar-refractivity contribution is -0.166. The van der Waals surface area contributed by atoms with Gasteiger partial charge in [-0.05, 0) is 44.9 Å². The maximum Gasteiger partial charge on any atom is 0.321 e. The van der Waals surface area contributed by atoms with Gasteiger partial charge in [0.15, 0.2) is 5.92 Å². The third-order valence-electron chi connectivity index (χ3n) is 2.18. The van der Waals surface area contributed by atoms with Gasteiger partial charge in [0.2, 0.25) is 0 Å². The molecule has 1 aromatic rings. The predicted octanol–water partition coefficient (Wildman–Crippen LogP) is 1.67. The third kappa shape index (κ3) is 4.53. The molecule has 0 saturated heterocycles. The van der Waals surface area contributed by atoms with Crippen molar-refractivity contribution in [2.75, 3.05) is 0 Å². The largest absolute Gasteiger partial charge is 0.481 e.